The summed E-state index contributed by atoms with van der Waals surface area (Å²) in [6, 6.07) is 5.68. The summed E-state index contributed by atoms with van der Waals surface area (Å²) in [5.41, 5.74) is 2.68. The number of ketones is 1. The van der Waals surface area contributed by atoms with E-state index in [0.29, 0.717) is 23.2 Å². The minimum atomic E-state index is -3.90. The van der Waals surface area contributed by atoms with E-state index in [-0.39, 0.29) is 28.8 Å². The number of ether oxygens (including phenoxy) is 1. The molecule has 176 valence electrons. The fraction of sp³-hybridized carbons (Fsp3) is 0.500. The fourth-order valence-corrected chi connectivity index (χ4v) is 5.43. The summed E-state index contributed by atoms with van der Waals surface area (Å²) in [6.07, 6.45) is 0.614. The zero-order valence-corrected chi connectivity index (χ0v) is 21.0. The van der Waals surface area contributed by atoms with Crippen LogP contribution in [-0.4, -0.2) is 48.7 Å². The van der Waals surface area contributed by atoms with Crippen molar-refractivity contribution in [3.05, 3.63) is 52.3 Å². The lowest BCUT2D eigenvalue weighted by Gasteiger charge is -2.28. The molecule has 8 heteroatoms. The molecule has 0 unspecified atom stereocenters. The first-order valence-electron chi connectivity index (χ1n) is 10.7. The van der Waals surface area contributed by atoms with Crippen molar-refractivity contribution in [1.82, 2.24) is 8.87 Å². The highest BCUT2D eigenvalue weighted by Gasteiger charge is 2.36. The van der Waals surface area contributed by atoms with Crippen LogP contribution in [0.3, 0.4) is 0 Å². The smallest absolute Gasteiger partial charge is 0.354 e. The molecule has 1 atom stereocenters. The van der Waals surface area contributed by atoms with Gasteiger partial charge < -0.3 is 9.30 Å². The Morgan fingerprint density at radius 1 is 1.06 bits per heavy atom. The lowest BCUT2D eigenvalue weighted by Crippen LogP contribution is -2.44. The quantitative estimate of drug-likeness (QED) is 0.415. The van der Waals surface area contributed by atoms with E-state index in [2.05, 4.69) is 0 Å². The topological polar surface area (TPSA) is 85.7 Å². The van der Waals surface area contributed by atoms with Crippen molar-refractivity contribution in [2.45, 2.75) is 58.9 Å². The molecule has 0 aliphatic rings. The zero-order chi connectivity index (χ0) is 24.4. The van der Waals surface area contributed by atoms with Gasteiger partial charge in [-0.25, -0.2) is 13.2 Å². The maximum absolute atomic E-state index is 13.6. The van der Waals surface area contributed by atoms with Crippen LogP contribution in [0.5, 0.6) is 0 Å². The third-order valence-electron chi connectivity index (χ3n) is 5.92. The van der Waals surface area contributed by atoms with Gasteiger partial charge >= 0.3 is 5.97 Å². The molecule has 0 saturated carbocycles. The normalized spacial score (nSPS) is 12.9. The average molecular weight is 463 g/mol. The Hall–Kier alpha value is -2.45. The van der Waals surface area contributed by atoms with Crippen molar-refractivity contribution in [1.29, 1.82) is 0 Å². The second-order valence-electron chi connectivity index (χ2n) is 8.64. The van der Waals surface area contributed by atoms with Gasteiger partial charge in [-0.05, 0) is 57.7 Å². The lowest BCUT2D eigenvalue weighted by molar-refractivity contribution is 0.0588. The molecule has 32 heavy (non-hydrogen) atoms. The van der Waals surface area contributed by atoms with Crippen molar-refractivity contribution in [3.8, 4) is 0 Å². The van der Waals surface area contributed by atoms with Gasteiger partial charge in [0.25, 0.3) is 0 Å². The molecule has 0 radical (unpaired) electrons. The summed E-state index contributed by atoms with van der Waals surface area (Å²) in [7, 11) is -0.924. The SMILES string of the molecule is COC(=O)c1c(C)c(C(=O)[C@H](C)N(CCC(C)C)S(=O)(=O)c2ccc(C)cc2)c(C)n1C. The number of aromatic nitrogens is 1. The summed E-state index contributed by atoms with van der Waals surface area (Å²) >= 11 is 0. The van der Waals surface area contributed by atoms with E-state index >= 15 is 0 Å². The van der Waals surface area contributed by atoms with Gasteiger partial charge in [0.2, 0.25) is 10.0 Å². The molecule has 2 rings (SSSR count). The Labute approximate surface area is 191 Å². The highest BCUT2D eigenvalue weighted by molar-refractivity contribution is 7.89. The number of hydrogen-bond donors (Lipinski definition) is 0. The number of aryl methyl sites for hydroxylation is 1. The predicted molar refractivity (Wildman–Crippen MR) is 125 cm³/mol. The van der Waals surface area contributed by atoms with Crippen LogP contribution in [0.4, 0.5) is 0 Å². The monoisotopic (exact) mass is 462 g/mol. The third kappa shape index (κ3) is 4.96. The molecule has 1 heterocycles. The van der Waals surface area contributed by atoms with Crippen molar-refractivity contribution in [3.63, 3.8) is 0 Å². The number of carbonyl (C=O) groups is 2. The molecule has 0 fully saturated rings. The molecule has 0 saturated heterocycles. The van der Waals surface area contributed by atoms with E-state index in [0.717, 1.165) is 5.56 Å². The Balaban J connectivity index is 2.55. The van der Waals surface area contributed by atoms with Crippen LogP contribution in [0.2, 0.25) is 0 Å². The Kier molecular flexibility index (Phi) is 8.07. The highest BCUT2D eigenvalue weighted by Crippen LogP contribution is 2.27. The molecule has 0 aliphatic heterocycles. The second kappa shape index (κ2) is 10.0. The summed E-state index contributed by atoms with van der Waals surface area (Å²) in [4.78, 5) is 26.0. The van der Waals surface area contributed by atoms with Crippen molar-refractivity contribution >= 4 is 21.8 Å². The van der Waals surface area contributed by atoms with Crippen LogP contribution in [-0.2, 0) is 21.8 Å². The number of esters is 1. The number of nitrogens with zero attached hydrogens (tertiary/aromatic N) is 2. The van der Waals surface area contributed by atoms with Crippen LogP contribution >= 0.6 is 0 Å². The summed E-state index contributed by atoms with van der Waals surface area (Å²) < 4.78 is 34.8. The molecule has 0 bridgehead atoms. The van der Waals surface area contributed by atoms with Crippen LogP contribution in [0, 0.1) is 26.7 Å². The van der Waals surface area contributed by atoms with Crippen LogP contribution in [0.15, 0.2) is 29.2 Å². The first kappa shape index (κ1) is 25.8. The van der Waals surface area contributed by atoms with E-state index in [4.69, 9.17) is 4.74 Å². The van der Waals surface area contributed by atoms with Gasteiger partial charge in [-0.15, -0.1) is 0 Å². The first-order chi connectivity index (χ1) is 14.8. The average Bonchev–Trinajstić information content (AvgIpc) is 2.95. The third-order valence-corrected chi connectivity index (χ3v) is 7.91. The fourth-order valence-electron chi connectivity index (χ4n) is 3.82. The van der Waals surface area contributed by atoms with E-state index < -0.39 is 22.0 Å². The van der Waals surface area contributed by atoms with Gasteiger partial charge in [0.05, 0.1) is 18.0 Å². The molecule has 0 aliphatic carbocycles. The number of Topliss-reactive ketones (excluding diaryl/α,β-unsaturated/α-hetero) is 1. The van der Waals surface area contributed by atoms with Gasteiger partial charge in [-0.1, -0.05) is 31.5 Å². The summed E-state index contributed by atoms with van der Waals surface area (Å²) in [6.45, 7) is 11.2. The van der Waals surface area contributed by atoms with Crippen LogP contribution < -0.4 is 0 Å². The Morgan fingerprint density at radius 3 is 2.12 bits per heavy atom. The molecule has 0 spiro atoms. The molecule has 1 aromatic heterocycles. The molecule has 0 amide bonds. The van der Waals surface area contributed by atoms with Crippen molar-refractivity contribution < 1.29 is 22.7 Å². The van der Waals surface area contributed by atoms with Gasteiger partial charge in [0.15, 0.2) is 5.78 Å². The molecule has 0 N–H and O–H groups in total. The number of benzene rings is 1. The van der Waals surface area contributed by atoms with E-state index in [1.165, 1.54) is 11.4 Å². The standard InChI is InChI=1S/C24H34N2O5S/c1-15(2)13-14-26(32(29,30)20-11-9-16(3)10-12-20)19(6)23(27)21-17(4)22(24(28)31-8)25(7)18(21)5/h9-12,15,19H,13-14H2,1-8H3/t19-/m0/s1. The summed E-state index contributed by atoms with van der Waals surface area (Å²) in [5, 5.41) is 0. The molecular formula is C24H34N2O5S. The van der Waals surface area contributed by atoms with Gasteiger partial charge in [-0.3, -0.25) is 4.79 Å². The number of rotatable bonds is 9. The number of carbonyl (C=O) groups excluding carboxylic acids is 2. The first-order valence-corrected chi connectivity index (χ1v) is 12.1. The molecule has 7 nitrogen and oxygen atoms in total. The minimum Gasteiger partial charge on any atom is -0.464 e. The maximum atomic E-state index is 13.6. The second-order valence-corrected chi connectivity index (χ2v) is 10.5. The Bertz CT molecular complexity index is 1100. The minimum absolute atomic E-state index is 0.156. The molecule has 2 aromatic rings. The predicted octanol–water partition coefficient (Wildman–Crippen LogP) is 4.05. The van der Waals surface area contributed by atoms with Gasteiger partial charge in [-0.2, -0.15) is 4.31 Å². The number of hydrogen-bond acceptors (Lipinski definition) is 5. The number of methoxy groups -OCH3 is 1. The maximum Gasteiger partial charge on any atom is 0.354 e. The van der Waals surface area contributed by atoms with E-state index in [1.54, 1.807) is 56.7 Å². The van der Waals surface area contributed by atoms with Gasteiger partial charge in [0.1, 0.15) is 5.69 Å². The van der Waals surface area contributed by atoms with Crippen LogP contribution in [0.1, 0.15) is 64.9 Å². The zero-order valence-electron chi connectivity index (χ0n) is 20.2. The molecule has 1 aromatic carbocycles. The van der Waals surface area contributed by atoms with Crippen molar-refractivity contribution in [2.75, 3.05) is 13.7 Å². The highest BCUT2D eigenvalue weighted by atomic mass is 32.2. The van der Waals surface area contributed by atoms with E-state index in [1.807, 2.05) is 20.8 Å². The van der Waals surface area contributed by atoms with Crippen LogP contribution in [0.25, 0.3) is 0 Å². The van der Waals surface area contributed by atoms with Gasteiger partial charge in [0, 0.05) is 24.8 Å². The summed E-state index contributed by atoms with van der Waals surface area (Å²) in [5.74, 6) is -0.618. The molecular weight excluding hydrogens is 428 g/mol. The van der Waals surface area contributed by atoms with Crippen molar-refractivity contribution in [2.24, 2.45) is 13.0 Å². The van der Waals surface area contributed by atoms with E-state index in [9.17, 15) is 18.0 Å². The largest absolute Gasteiger partial charge is 0.464 e. The Morgan fingerprint density at radius 2 is 1.62 bits per heavy atom. The number of sulfonamides is 1. The lowest BCUT2D eigenvalue weighted by atomic mass is 10.0.